The van der Waals surface area contributed by atoms with Gasteiger partial charge in [0.15, 0.2) is 0 Å². The lowest BCUT2D eigenvalue weighted by Crippen LogP contribution is -2.05. The molecule has 2 N–H and O–H groups in total. The van der Waals surface area contributed by atoms with E-state index in [1.807, 2.05) is 26.0 Å². The van der Waals surface area contributed by atoms with E-state index in [1.165, 1.54) is 11.8 Å². The number of carboxylic acid groups (broad SMARTS) is 1. The van der Waals surface area contributed by atoms with E-state index in [1.54, 1.807) is 6.07 Å². The summed E-state index contributed by atoms with van der Waals surface area (Å²) in [5.41, 5.74) is 1.28. The topological polar surface area (TPSA) is 57.5 Å². The molecule has 1 atom stereocenters. The highest BCUT2D eigenvalue weighted by Gasteiger charge is 2.11. The highest BCUT2D eigenvalue weighted by molar-refractivity contribution is 7.99. The summed E-state index contributed by atoms with van der Waals surface area (Å²) in [7, 11) is 0. The SMILES string of the molecule is Cc1ccc(SCC(C)CO)c(C(=O)O)c1. The number of aliphatic hydroxyl groups excluding tert-OH is 1. The van der Waals surface area contributed by atoms with Crippen LogP contribution in [0.5, 0.6) is 0 Å². The maximum Gasteiger partial charge on any atom is 0.336 e. The van der Waals surface area contributed by atoms with Crippen molar-refractivity contribution in [1.82, 2.24) is 0 Å². The number of aryl methyl sites for hydroxylation is 1. The van der Waals surface area contributed by atoms with Crippen LogP contribution in [0, 0.1) is 12.8 Å². The maximum absolute atomic E-state index is 11.0. The summed E-state index contributed by atoms with van der Waals surface area (Å²) in [6, 6.07) is 5.40. The number of thioether (sulfide) groups is 1. The fourth-order valence-electron chi connectivity index (χ4n) is 1.22. The molecule has 0 aliphatic heterocycles. The lowest BCUT2D eigenvalue weighted by atomic mass is 10.1. The second kappa shape index (κ2) is 5.92. The fraction of sp³-hybridized carbons (Fsp3) is 0.417. The van der Waals surface area contributed by atoms with Gasteiger partial charge in [0.2, 0.25) is 0 Å². The van der Waals surface area contributed by atoms with E-state index in [4.69, 9.17) is 10.2 Å². The van der Waals surface area contributed by atoms with Gasteiger partial charge >= 0.3 is 5.97 Å². The molecule has 0 heterocycles. The van der Waals surface area contributed by atoms with Gasteiger partial charge in [-0.3, -0.25) is 0 Å². The van der Waals surface area contributed by atoms with Gasteiger partial charge in [0, 0.05) is 17.3 Å². The maximum atomic E-state index is 11.0. The van der Waals surface area contributed by atoms with Gasteiger partial charge in [0.05, 0.1) is 5.56 Å². The molecule has 0 radical (unpaired) electrons. The molecule has 88 valence electrons. The van der Waals surface area contributed by atoms with E-state index in [-0.39, 0.29) is 12.5 Å². The monoisotopic (exact) mass is 240 g/mol. The molecule has 0 saturated carbocycles. The van der Waals surface area contributed by atoms with Crippen molar-refractivity contribution in [2.45, 2.75) is 18.7 Å². The van der Waals surface area contributed by atoms with Crippen LogP contribution in [0.15, 0.2) is 23.1 Å². The number of aromatic carboxylic acids is 1. The van der Waals surface area contributed by atoms with Crippen molar-refractivity contribution in [3.63, 3.8) is 0 Å². The predicted octanol–water partition coefficient (Wildman–Crippen LogP) is 2.41. The number of carboxylic acids is 1. The molecule has 0 fully saturated rings. The summed E-state index contributed by atoms with van der Waals surface area (Å²) in [5.74, 6) is -0.00405. The average Bonchev–Trinajstić information content (AvgIpc) is 2.26. The first kappa shape index (κ1) is 13.1. The fourth-order valence-corrected chi connectivity index (χ4v) is 2.26. The zero-order valence-electron chi connectivity index (χ0n) is 9.43. The molecule has 0 aliphatic rings. The second-order valence-corrected chi connectivity index (χ2v) is 4.97. The van der Waals surface area contributed by atoms with Crippen LogP contribution in [0.25, 0.3) is 0 Å². The lowest BCUT2D eigenvalue weighted by Gasteiger charge is -2.09. The third-order valence-corrected chi connectivity index (χ3v) is 3.60. The van der Waals surface area contributed by atoms with E-state index >= 15 is 0 Å². The highest BCUT2D eigenvalue weighted by atomic mass is 32.2. The van der Waals surface area contributed by atoms with Crippen molar-refractivity contribution < 1.29 is 15.0 Å². The van der Waals surface area contributed by atoms with Crippen molar-refractivity contribution >= 4 is 17.7 Å². The van der Waals surface area contributed by atoms with Crippen molar-refractivity contribution in [1.29, 1.82) is 0 Å². The number of hydrogen-bond acceptors (Lipinski definition) is 3. The predicted molar refractivity (Wildman–Crippen MR) is 65.1 cm³/mol. The Morgan fingerprint density at radius 3 is 2.75 bits per heavy atom. The van der Waals surface area contributed by atoms with Gasteiger partial charge in [0.25, 0.3) is 0 Å². The quantitative estimate of drug-likeness (QED) is 0.776. The van der Waals surface area contributed by atoms with Gasteiger partial charge in [-0.05, 0) is 25.0 Å². The highest BCUT2D eigenvalue weighted by Crippen LogP contribution is 2.25. The molecule has 3 nitrogen and oxygen atoms in total. The molecule has 16 heavy (non-hydrogen) atoms. The van der Waals surface area contributed by atoms with E-state index in [2.05, 4.69) is 0 Å². The Morgan fingerprint density at radius 2 is 2.19 bits per heavy atom. The smallest absolute Gasteiger partial charge is 0.336 e. The Labute approximate surface area is 99.5 Å². The molecule has 1 rings (SSSR count). The molecular formula is C12H16O3S. The van der Waals surface area contributed by atoms with Crippen LogP contribution in [-0.2, 0) is 0 Å². The Morgan fingerprint density at radius 1 is 1.50 bits per heavy atom. The lowest BCUT2D eigenvalue weighted by molar-refractivity contribution is 0.0693. The number of carbonyl (C=O) groups is 1. The molecule has 0 saturated heterocycles. The molecule has 1 aromatic carbocycles. The van der Waals surface area contributed by atoms with Gasteiger partial charge in [-0.25, -0.2) is 4.79 Å². The van der Waals surface area contributed by atoms with Crippen molar-refractivity contribution in [2.24, 2.45) is 5.92 Å². The summed E-state index contributed by atoms with van der Waals surface area (Å²) in [6.45, 7) is 3.93. The molecule has 0 amide bonds. The number of rotatable bonds is 5. The number of benzene rings is 1. The zero-order chi connectivity index (χ0) is 12.1. The Hall–Kier alpha value is -1.00. The number of hydrogen-bond donors (Lipinski definition) is 2. The van der Waals surface area contributed by atoms with Crippen LogP contribution < -0.4 is 0 Å². The summed E-state index contributed by atoms with van der Waals surface area (Å²) >= 11 is 1.48. The van der Waals surface area contributed by atoms with E-state index in [0.717, 1.165) is 16.2 Å². The van der Waals surface area contributed by atoms with Gasteiger partial charge in [0.1, 0.15) is 0 Å². The van der Waals surface area contributed by atoms with E-state index in [9.17, 15) is 4.79 Å². The minimum atomic E-state index is -0.900. The van der Waals surface area contributed by atoms with Crippen LogP contribution in [0.2, 0.25) is 0 Å². The standard InChI is InChI=1S/C12H16O3S/c1-8-3-4-11(10(5-8)12(14)15)16-7-9(2)6-13/h3-5,9,13H,6-7H2,1-2H3,(H,14,15). The van der Waals surface area contributed by atoms with Crippen molar-refractivity contribution in [2.75, 3.05) is 12.4 Å². The van der Waals surface area contributed by atoms with E-state index < -0.39 is 5.97 Å². The van der Waals surface area contributed by atoms with Gasteiger partial charge < -0.3 is 10.2 Å². The summed E-state index contributed by atoms with van der Waals surface area (Å²) in [4.78, 5) is 11.8. The molecule has 0 spiro atoms. The summed E-state index contributed by atoms with van der Waals surface area (Å²) in [6.07, 6.45) is 0. The van der Waals surface area contributed by atoms with Gasteiger partial charge in [-0.1, -0.05) is 18.6 Å². The van der Waals surface area contributed by atoms with Crippen LogP contribution in [0.1, 0.15) is 22.8 Å². The first-order valence-corrected chi connectivity index (χ1v) is 6.10. The molecular weight excluding hydrogens is 224 g/mol. The molecule has 1 aromatic rings. The minimum Gasteiger partial charge on any atom is -0.478 e. The first-order valence-electron chi connectivity index (χ1n) is 5.12. The summed E-state index contributed by atoms with van der Waals surface area (Å²) in [5, 5.41) is 18.0. The normalized spacial score (nSPS) is 12.4. The van der Waals surface area contributed by atoms with Gasteiger partial charge in [-0.2, -0.15) is 0 Å². The largest absolute Gasteiger partial charge is 0.478 e. The average molecular weight is 240 g/mol. The molecule has 1 unspecified atom stereocenters. The van der Waals surface area contributed by atoms with Crippen molar-refractivity contribution in [3.8, 4) is 0 Å². The first-order chi connectivity index (χ1) is 7.54. The molecule has 0 bridgehead atoms. The van der Waals surface area contributed by atoms with Crippen LogP contribution >= 0.6 is 11.8 Å². The summed E-state index contributed by atoms with van der Waals surface area (Å²) < 4.78 is 0. The molecule has 0 aliphatic carbocycles. The van der Waals surface area contributed by atoms with Crippen LogP contribution in [0.3, 0.4) is 0 Å². The van der Waals surface area contributed by atoms with Crippen molar-refractivity contribution in [3.05, 3.63) is 29.3 Å². The van der Waals surface area contributed by atoms with Crippen LogP contribution in [0.4, 0.5) is 0 Å². The van der Waals surface area contributed by atoms with Gasteiger partial charge in [-0.15, -0.1) is 11.8 Å². The number of aliphatic hydroxyl groups is 1. The Balaban J connectivity index is 2.82. The molecule has 0 aromatic heterocycles. The second-order valence-electron chi connectivity index (χ2n) is 3.90. The molecule has 4 heteroatoms. The van der Waals surface area contributed by atoms with Crippen LogP contribution in [-0.4, -0.2) is 28.5 Å². The zero-order valence-corrected chi connectivity index (χ0v) is 10.3. The Kier molecular flexibility index (Phi) is 4.83. The third kappa shape index (κ3) is 3.54. The third-order valence-electron chi connectivity index (χ3n) is 2.20. The van der Waals surface area contributed by atoms with E-state index in [0.29, 0.717) is 5.56 Å². The minimum absolute atomic E-state index is 0.126. The Bertz CT molecular complexity index is 377.